The van der Waals surface area contributed by atoms with Crippen molar-refractivity contribution in [2.45, 2.75) is 32.8 Å². The van der Waals surface area contributed by atoms with E-state index in [2.05, 4.69) is 26.0 Å². The normalized spacial score (nSPS) is 21.1. The summed E-state index contributed by atoms with van der Waals surface area (Å²) in [6, 6.07) is 8.22. The minimum Gasteiger partial charge on any atom is -0.367 e. The Hall–Kier alpha value is -1.35. The molecule has 1 heterocycles. The summed E-state index contributed by atoms with van der Waals surface area (Å²) in [5.41, 5.74) is 2.26. The Balaban J connectivity index is 2.19. The average Bonchev–Trinajstić information content (AvgIpc) is 2.33. The maximum atomic E-state index is 11.9. The number of nitrogens with zero attached hydrogens (tertiary/aromatic N) is 1. The fraction of sp³-hybridized carbons (Fsp3) is 0.500. The summed E-state index contributed by atoms with van der Waals surface area (Å²) in [5.74, 6) is 0.567. The lowest BCUT2D eigenvalue weighted by molar-refractivity contribution is -0.132. The summed E-state index contributed by atoms with van der Waals surface area (Å²) in [6.07, 6.45) is -0.325. The maximum absolute atomic E-state index is 11.9. The van der Waals surface area contributed by atoms with Crippen molar-refractivity contribution < 1.29 is 9.53 Å². The fourth-order valence-corrected chi connectivity index (χ4v) is 2.02. The van der Waals surface area contributed by atoms with Gasteiger partial charge in [0.05, 0.1) is 6.61 Å². The maximum Gasteiger partial charge on any atom is 0.255 e. The highest BCUT2D eigenvalue weighted by molar-refractivity contribution is 5.96. The van der Waals surface area contributed by atoms with E-state index in [4.69, 9.17) is 4.74 Å². The Kier molecular flexibility index (Phi) is 3.48. The predicted molar refractivity (Wildman–Crippen MR) is 68.3 cm³/mol. The lowest BCUT2D eigenvalue weighted by Crippen LogP contribution is -2.46. The smallest absolute Gasteiger partial charge is 0.255 e. The van der Waals surface area contributed by atoms with Gasteiger partial charge < -0.3 is 9.64 Å². The summed E-state index contributed by atoms with van der Waals surface area (Å²) in [7, 11) is 0. The minimum absolute atomic E-state index is 0.0496. The van der Waals surface area contributed by atoms with E-state index >= 15 is 0 Å². The van der Waals surface area contributed by atoms with E-state index in [1.54, 1.807) is 11.8 Å². The molecule has 92 valence electrons. The molecule has 0 aromatic heterocycles. The summed E-state index contributed by atoms with van der Waals surface area (Å²) < 4.78 is 5.31. The molecule has 1 unspecified atom stereocenters. The number of carbonyl (C=O) groups is 1. The van der Waals surface area contributed by atoms with Crippen LogP contribution >= 0.6 is 0 Å². The van der Waals surface area contributed by atoms with Crippen molar-refractivity contribution >= 4 is 11.6 Å². The Labute approximate surface area is 102 Å². The lowest BCUT2D eigenvalue weighted by atomic mass is 10.0. The molecule has 1 amide bonds. The molecule has 1 aliphatic heterocycles. The number of carbonyl (C=O) groups excluding carboxylic acids is 1. The van der Waals surface area contributed by atoms with Crippen LogP contribution in [0, 0.1) is 0 Å². The van der Waals surface area contributed by atoms with Crippen molar-refractivity contribution in [3.63, 3.8) is 0 Å². The summed E-state index contributed by atoms with van der Waals surface area (Å²) in [4.78, 5) is 13.7. The molecule has 1 saturated heterocycles. The van der Waals surface area contributed by atoms with E-state index in [0.29, 0.717) is 19.1 Å². The Morgan fingerprint density at radius 1 is 1.29 bits per heavy atom. The third-order valence-corrected chi connectivity index (χ3v) is 3.17. The first-order valence-electron chi connectivity index (χ1n) is 6.12. The third-order valence-electron chi connectivity index (χ3n) is 3.17. The van der Waals surface area contributed by atoms with Crippen LogP contribution in [0.1, 0.15) is 32.3 Å². The zero-order chi connectivity index (χ0) is 12.4. The van der Waals surface area contributed by atoms with Crippen LogP contribution in [0.2, 0.25) is 0 Å². The molecule has 0 saturated carbocycles. The number of morpholine rings is 1. The number of amides is 1. The number of ether oxygens (including phenoxy) is 1. The SMILES string of the molecule is CC1OCCN(c2ccc(C(C)C)cc2)C1=O. The Bertz CT molecular complexity index is 397. The molecule has 3 nitrogen and oxygen atoms in total. The molecule has 3 heteroatoms. The summed E-state index contributed by atoms with van der Waals surface area (Å²) >= 11 is 0. The number of rotatable bonds is 2. The molecule has 0 aliphatic carbocycles. The van der Waals surface area contributed by atoms with Crippen molar-refractivity contribution in [2.24, 2.45) is 0 Å². The molecule has 0 bridgehead atoms. The van der Waals surface area contributed by atoms with E-state index in [1.807, 2.05) is 12.1 Å². The van der Waals surface area contributed by atoms with Gasteiger partial charge in [-0.3, -0.25) is 4.79 Å². The van der Waals surface area contributed by atoms with Crippen molar-refractivity contribution in [3.05, 3.63) is 29.8 Å². The van der Waals surface area contributed by atoms with Crippen LogP contribution in [-0.2, 0) is 9.53 Å². The molecule has 0 N–H and O–H groups in total. The van der Waals surface area contributed by atoms with Gasteiger partial charge in [0.1, 0.15) is 6.10 Å². The molecule has 0 spiro atoms. The molecular formula is C14H19NO2. The summed E-state index contributed by atoms with van der Waals surface area (Å²) in [5, 5.41) is 0. The molecule has 1 aromatic rings. The first-order valence-corrected chi connectivity index (χ1v) is 6.12. The van der Waals surface area contributed by atoms with Crippen molar-refractivity contribution in [2.75, 3.05) is 18.1 Å². The van der Waals surface area contributed by atoms with Crippen molar-refractivity contribution in [1.29, 1.82) is 0 Å². The number of hydrogen-bond donors (Lipinski definition) is 0. The molecule has 1 aromatic carbocycles. The van der Waals surface area contributed by atoms with Crippen LogP contribution in [0.15, 0.2) is 24.3 Å². The second-order valence-corrected chi connectivity index (χ2v) is 4.75. The standard InChI is InChI=1S/C14H19NO2/c1-10(2)12-4-6-13(7-5-12)15-8-9-17-11(3)14(15)16/h4-7,10-11H,8-9H2,1-3H3. The number of hydrogen-bond acceptors (Lipinski definition) is 2. The van der Waals surface area contributed by atoms with Crippen molar-refractivity contribution in [3.8, 4) is 0 Å². The van der Waals surface area contributed by atoms with Gasteiger partial charge in [0.25, 0.3) is 5.91 Å². The Morgan fingerprint density at radius 3 is 2.53 bits per heavy atom. The van der Waals surface area contributed by atoms with Gasteiger partial charge in [-0.1, -0.05) is 26.0 Å². The van der Waals surface area contributed by atoms with Gasteiger partial charge in [0, 0.05) is 12.2 Å². The highest BCUT2D eigenvalue weighted by Gasteiger charge is 2.26. The van der Waals surface area contributed by atoms with Gasteiger partial charge in [-0.15, -0.1) is 0 Å². The molecule has 17 heavy (non-hydrogen) atoms. The van der Waals surface area contributed by atoms with Gasteiger partial charge in [-0.2, -0.15) is 0 Å². The van der Waals surface area contributed by atoms with Gasteiger partial charge in [0.15, 0.2) is 0 Å². The third kappa shape index (κ3) is 2.50. The first kappa shape index (κ1) is 12.1. The van der Waals surface area contributed by atoms with Crippen molar-refractivity contribution in [1.82, 2.24) is 0 Å². The number of benzene rings is 1. The fourth-order valence-electron chi connectivity index (χ4n) is 2.02. The van der Waals surface area contributed by atoms with Crippen LogP contribution in [-0.4, -0.2) is 25.2 Å². The topological polar surface area (TPSA) is 29.5 Å². The molecule has 1 fully saturated rings. The van der Waals surface area contributed by atoms with E-state index in [1.165, 1.54) is 5.56 Å². The van der Waals surface area contributed by atoms with Crippen LogP contribution in [0.5, 0.6) is 0 Å². The monoisotopic (exact) mass is 233 g/mol. The quantitative estimate of drug-likeness (QED) is 0.785. The zero-order valence-corrected chi connectivity index (χ0v) is 10.6. The van der Waals surface area contributed by atoms with Crippen LogP contribution in [0.25, 0.3) is 0 Å². The molecule has 1 aliphatic rings. The Morgan fingerprint density at radius 2 is 1.94 bits per heavy atom. The summed E-state index contributed by atoms with van der Waals surface area (Å²) in [6.45, 7) is 7.38. The van der Waals surface area contributed by atoms with Crippen LogP contribution < -0.4 is 4.90 Å². The van der Waals surface area contributed by atoms with Gasteiger partial charge in [0.2, 0.25) is 0 Å². The highest BCUT2D eigenvalue weighted by Crippen LogP contribution is 2.22. The van der Waals surface area contributed by atoms with Gasteiger partial charge >= 0.3 is 0 Å². The average molecular weight is 233 g/mol. The number of anilines is 1. The minimum atomic E-state index is -0.325. The largest absolute Gasteiger partial charge is 0.367 e. The molecule has 1 atom stereocenters. The molecule has 2 rings (SSSR count). The van der Waals surface area contributed by atoms with E-state index in [-0.39, 0.29) is 12.0 Å². The van der Waals surface area contributed by atoms with Crippen LogP contribution in [0.3, 0.4) is 0 Å². The van der Waals surface area contributed by atoms with Gasteiger partial charge in [-0.25, -0.2) is 0 Å². The van der Waals surface area contributed by atoms with E-state index in [9.17, 15) is 4.79 Å². The second kappa shape index (κ2) is 4.88. The van der Waals surface area contributed by atoms with Gasteiger partial charge in [-0.05, 0) is 30.5 Å². The highest BCUT2D eigenvalue weighted by atomic mass is 16.5. The zero-order valence-electron chi connectivity index (χ0n) is 10.6. The lowest BCUT2D eigenvalue weighted by Gasteiger charge is -2.31. The first-order chi connectivity index (χ1) is 8.09. The molecule has 0 radical (unpaired) electrons. The second-order valence-electron chi connectivity index (χ2n) is 4.75. The molecular weight excluding hydrogens is 214 g/mol. The van der Waals surface area contributed by atoms with Crippen LogP contribution in [0.4, 0.5) is 5.69 Å². The van der Waals surface area contributed by atoms with E-state index in [0.717, 1.165) is 5.69 Å². The predicted octanol–water partition coefficient (Wildman–Crippen LogP) is 2.56. The van der Waals surface area contributed by atoms with E-state index < -0.39 is 0 Å².